The molecule has 0 spiro atoms. The van der Waals surface area contributed by atoms with Gasteiger partial charge in [-0.2, -0.15) is 0 Å². The minimum Gasteiger partial charge on any atom is -0.443 e. The van der Waals surface area contributed by atoms with Gasteiger partial charge in [0, 0.05) is 0 Å². The Labute approximate surface area is 95.6 Å². The minimum absolute atomic E-state index is 0.0229. The van der Waals surface area contributed by atoms with Crippen LogP contribution in [0.3, 0.4) is 0 Å². The number of alkyl carbamates (subject to hydrolysis) is 1. The number of cyclic esters (lactones) is 1. The highest BCUT2D eigenvalue weighted by Gasteiger charge is 2.46. The number of nitrogens with one attached hydrogen (secondary N) is 1. The molecule has 3 nitrogen and oxygen atoms in total. The van der Waals surface area contributed by atoms with Crippen LogP contribution < -0.4 is 5.32 Å². The van der Waals surface area contributed by atoms with Crippen molar-refractivity contribution in [3.05, 3.63) is 35.1 Å². The molecule has 1 saturated heterocycles. The Kier molecular flexibility index (Phi) is 2.73. The number of halogens is 3. The molecule has 0 aliphatic carbocycles. The van der Waals surface area contributed by atoms with Crippen molar-refractivity contribution in [2.75, 3.05) is 6.61 Å². The molecule has 0 unspecified atom stereocenters. The first kappa shape index (κ1) is 11.8. The quantitative estimate of drug-likeness (QED) is 0.825. The van der Waals surface area contributed by atoms with Crippen LogP contribution in [-0.4, -0.2) is 18.6 Å². The maximum atomic E-state index is 13.5. The number of hydrogen-bond donors (Lipinski definition) is 1. The van der Waals surface area contributed by atoms with Crippen LogP contribution in [0.2, 0.25) is 0 Å². The largest absolute Gasteiger partial charge is 0.443 e. The number of aryl methyl sites for hydroxylation is 1. The monoisotopic (exact) mass is 245 g/mol. The lowest BCUT2D eigenvalue weighted by atomic mass is 9.99. The molecule has 1 heterocycles. The van der Waals surface area contributed by atoms with E-state index in [-0.39, 0.29) is 5.56 Å². The average Bonchev–Trinajstić information content (AvgIpc) is 2.26. The van der Waals surface area contributed by atoms with Crippen molar-refractivity contribution in [2.24, 2.45) is 0 Å². The molecule has 17 heavy (non-hydrogen) atoms. The van der Waals surface area contributed by atoms with Crippen LogP contribution in [-0.2, 0) is 4.74 Å². The molecule has 0 saturated carbocycles. The third kappa shape index (κ3) is 2.20. The van der Waals surface area contributed by atoms with Crippen LogP contribution in [0, 0.1) is 12.7 Å². The van der Waals surface area contributed by atoms with E-state index < -0.39 is 30.5 Å². The molecule has 1 aliphatic heterocycles. The Morgan fingerprint density at radius 1 is 1.47 bits per heavy atom. The molecule has 92 valence electrons. The van der Waals surface area contributed by atoms with Gasteiger partial charge in [-0.1, -0.05) is 12.1 Å². The van der Waals surface area contributed by atoms with Crippen LogP contribution in [0.1, 0.15) is 17.2 Å². The third-order valence-corrected chi connectivity index (χ3v) is 2.61. The Morgan fingerprint density at radius 2 is 2.18 bits per heavy atom. The van der Waals surface area contributed by atoms with Gasteiger partial charge in [0.2, 0.25) is 0 Å². The van der Waals surface area contributed by atoms with Gasteiger partial charge >= 0.3 is 12.0 Å². The van der Waals surface area contributed by atoms with Gasteiger partial charge in [-0.05, 0) is 24.1 Å². The summed E-state index contributed by atoms with van der Waals surface area (Å²) in [6.07, 6.45) is -0.929. The number of ether oxygens (including phenoxy) is 1. The fourth-order valence-corrected chi connectivity index (χ4v) is 1.63. The third-order valence-electron chi connectivity index (χ3n) is 2.61. The molecule has 0 aromatic heterocycles. The molecule has 1 fully saturated rings. The lowest BCUT2D eigenvalue weighted by Crippen LogP contribution is -2.49. The van der Waals surface area contributed by atoms with Crippen LogP contribution in [0.25, 0.3) is 0 Å². The summed E-state index contributed by atoms with van der Waals surface area (Å²) in [7, 11) is 0. The molecule has 1 aromatic rings. The molecule has 2 rings (SSSR count). The highest BCUT2D eigenvalue weighted by molar-refractivity contribution is 5.69. The van der Waals surface area contributed by atoms with Crippen molar-refractivity contribution in [3.63, 3.8) is 0 Å². The maximum absolute atomic E-state index is 13.5. The molecule has 1 aliphatic rings. The summed E-state index contributed by atoms with van der Waals surface area (Å²) in [5.41, 5.74) is 0.380. The maximum Gasteiger partial charge on any atom is 0.408 e. The topological polar surface area (TPSA) is 38.3 Å². The Morgan fingerprint density at radius 3 is 2.82 bits per heavy atom. The smallest absolute Gasteiger partial charge is 0.408 e. The fourth-order valence-electron chi connectivity index (χ4n) is 1.63. The first-order valence-electron chi connectivity index (χ1n) is 4.97. The van der Waals surface area contributed by atoms with Crippen LogP contribution in [0.5, 0.6) is 0 Å². The molecule has 1 aromatic carbocycles. The molecule has 1 N–H and O–H groups in total. The average molecular weight is 245 g/mol. The van der Waals surface area contributed by atoms with Crippen molar-refractivity contribution in [2.45, 2.75) is 18.9 Å². The van der Waals surface area contributed by atoms with Gasteiger partial charge < -0.3 is 10.1 Å². The first-order chi connectivity index (χ1) is 7.90. The summed E-state index contributed by atoms with van der Waals surface area (Å²) in [5.74, 6) is -3.84. The van der Waals surface area contributed by atoms with E-state index in [9.17, 15) is 18.0 Å². The van der Waals surface area contributed by atoms with E-state index in [1.54, 1.807) is 0 Å². The number of hydrogen-bond acceptors (Lipinski definition) is 2. The summed E-state index contributed by atoms with van der Waals surface area (Å²) in [5, 5.41) is 1.99. The Bertz CT molecular complexity index is 462. The van der Waals surface area contributed by atoms with E-state index in [2.05, 4.69) is 4.74 Å². The van der Waals surface area contributed by atoms with Crippen molar-refractivity contribution in [1.29, 1.82) is 0 Å². The van der Waals surface area contributed by atoms with Gasteiger partial charge in [0.1, 0.15) is 11.9 Å². The second-order valence-electron chi connectivity index (χ2n) is 3.92. The van der Waals surface area contributed by atoms with Crippen LogP contribution >= 0.6 is 0 Å². The number of amides is 1. The molecular weight excluding hydrogens is 235 g/mol. The zero-order chi connectivity index (χ0) is 12.6. The van der Waals surface area contributed by atoms with Crippen molar-refractivity contribution in [3.8, 4) is 0 Å². The van der Waals surface area contributed by atoms with Crippen LogP contribution in [0.15, 0.2) is 18.2 Å². The fraction of sp³-hybridized carbons (Fsp3) is 0.364. The van der Waals surface area contributed by atoms with E-state index in [0.29, 0.717) is 5.56 Å². The summed E-state index contributed by atoms with van der Waals surface area (Å²) >= 11 is 0. The predicted molar refractivity (Wildman–Crippen MR) is 53.3 cm³/mol. The van der Waals surface area contributed by atoms with Crippen molar-refractivity contribution >= 4 is 6.09 Å². The van der Waals surface area contributed by atoms with Gasteiger partial charge in [0.25, 0.3) is 0 Å². The molecule has 6 heteroatoms. The molecule has 1 atom stereocenters. The number of carbonyl (C=O) groups is 1. The molecule has 0 radical (unpaired) electrons. The second-order valence-corrected chi connectivity index (χ2v) is 3.92. The molecule has 1 amide bonds. The summed E-state index contributed by atoms with van der Waals surface area (Å²) < 4.78 is 44.5. The summed E-state index contributed by atoms with van der Waals surface area (Å²) in [6, 6.07) is 2.20. The number of benzene rings is 1. The van der Waals surface area contributed by atoms with Gasteiger partial charge in [-0.15, -0.1) is 0 Å². The number of rotatable bonds is 1. The second kappa shape index (κ2) is 3.94. The molecular formula is C11H10F3NO2. The lowest BCUT2D eigenvalue weighted by molar-refractivity contribution is -0.104. The van der Waals surface area contributed by atoms with E-state index in [4.69, 9.17) is 0 Å². The lowest BCUT2D eigenvalue weighted by Gasteiger charge is -2.31. The highest BCUT2D eigenvalue weighted by Crippen LogP contribution is 2.34. The van der Waals surface area contributed by atoms with Gasteiger partial charge in [-0.3, -0.25) is 0 Å². The zero-order valence-electron chi connectivity index (χ0n) is 8.97. The van der Waals surface area contributed by atoms with Gasteiger partial charge in [-0.25, -0.2) is 18.0 Å². The van der Waals surface area contributed by atoms with Crippen LogP contribution in [0.4, 0.5) is 18.0 Å². The normalized spacial score (nSPS) is 22.8. The zero-order valence-corrected chi connectivity index (χ0v) is 8.97. The van der Waals surface area contributed by atoms with Crippen molar-refractivity contribution in [1.82, 2.24) is 5.32 Å². The van der Waals surface area contributed by atoms with E-state index >= 15 is 0 Å². The first-order valence-corrected chi connectivity index (χ1v) is 4.97. The number of alkyl halides is 2. The summed E-state index contributed by atoms with van der Waals surface area (Å²) in [4.78, 5) is 10.9. The van der Waals surface area contributed by atoms with Crippen molar-refractivity contribution < 1.29 is 22.7 Å². The van der Waals surface area contributed by atoms with Gasteiger partial charge in [0.05, 0.1) is 0 Å². The minimum atomic E-state index is -3.25. The standard InChI is InChI=1S/C11H10F3NO2/c1-6-2-3-7(4-8(6)12)9-11(13,14)5-17-10(16)15-9/h2-4,9H,5H2,1H3,(H,15,16)/t9-/m1/s1. The Hall–Kier alpha value is -1.72. The predicted octanol–water partition coefficient (Wildman–Crippen LogP) is 2.55. The number of carbonyl (C=O) groups excluding carboxylic acids is 1. The van der Waals surface area contributed by atoms with E-state index in [0.717, 1.165) is 6.07 Å². The Balaban J connectivity index is 2.36. The van der Waals surface area contributed by atoms with Gasteiger partial charge in [0.15, 0.2) is 6.61 Å². The van der Waals surface area contributed by atoms with E-state index in [1.807, 2.05) is 5.32 Å². The SMILES string of the molecule is Cc1ccc([C@H]2NC(=O)OCC2(F)F)cc1F. The summed E-state index contributed by atoms with van der Waals surface area (Å²) in [6.45, 7) is 0.527. The van der Waals surface area contributed by atoms with E-state index in [1.165, 1.54) is 19.1 Å². The molecule has 0 bridgehead atoms. The highest BCUT2D eigenvalue weighted by atomic mass is 19.3.